The Morgan fingerprint density at radius 3 is 2.24 bits per heavy atom. The second kappa shape index (κ2) is 8.19. The number of hydrogen-bond donors (Lipinski definition) is 0. The molecule has 0 aromatic heterocycles. The molecule has 1 saturated heterocycles. The van der Waals surface area contributed by atoms with Gasteiger partial charge in [-0.15, -0.1) is 0 Å². The molecule has 1 aliphatic rings. The van der Waals surface area contributed by atoms with Gasteiger partial charge in [0, 0.05) is 18.4 Å². The summed E-state index contributed by atoms with van der Waals surface area (Å²) in [6.45, 7) is 0. The molecule has 0 saturated carbocycles. The van der Waals surface area contributed by atoms with E-state index in [1.807, 2.05) is 61.6 Å². The number of thioether (sulfide) groups is 1. The molecular formula is C23H17FN2OS2. The third-order valence-electron chi connectivity index (χ3n) is 4.61. The fraction of sp³-hybridized carbons (Fsp3) is 0.0435. The Hall–Kier alpha value is -2.96. The highest BCUT2D eigenvalue weighted by molar-refractivity contribution is 8.27. The molecule has 0 radical (unpaired) electrons. The summed E-state index contributed by atoms with van der Waals surface area (Å²) in [5, 5.41) is 0. The minimum absolute atomic E-state index is 0.179. The molecule has 3 aromatic carbocycles. The lowest BCUT2D eigenvalue weighted by Crippen LogP contribution is -2.28. The SMILES string of the molecule is CN(c1ccccc1)c1ccc(/C=C2/SC(=S)N(c3ccccc3F)C2=O)cc1. The second-order valence-electron chi connectivity index (χ2n) is 6.45. The Kier molecular flexibility index (Phi) is 5.47. The molecule has 1 aliphatic heterocycles. The molecule has 1 heterocycles. The van der Waals surface area contributed by atoms with Gasteiger partial charge < -0.3 is 4.90 Å². The van der Waals surface area contributed by atoms with E-state index >= 15 is 0 Å². The van der Waals surface area contributed by atoms with Gasteiger partial charge in [0.1, 0.15) is 5.82 Å². The van der Waals surface area contributed by atoms with Crippen LogP contribution in [0.1, 0.15) is 5.56 Å². The maximum atomic E-state index is 14.1. The molecule has 6 heteroatoms. The lowest BCUT2D eigenvalue weighted by molar-refractivity contribution is -0.113. The molecule has 4 rings (SSSR count). The molecule has 1 amide bonds. The van der Waals surface area contributed by atoms with E-state index in [2.05, 4.69) is 4.90 Å². The van der Waals surface area contributed by atoms with Gasteiger partial charge in [-0.25, -0.2) is 4.39 Å². The first-order valence-corrected chi connectivity index (χ1v) is 10.2. The van der Waals surface area contributed by atoms with E-state index < -0.39 is 5.82 Å². The Balaban J connectivity index is 1.56. The van der Waals surface area contributed by atoms with Crippen molar-refractivity contribution in [3.63, 3.8) is 0 Å². The Morgan fingerprint density at radius 2 is 1.55 bits per heavy atom. The van der Waals surface area contributed by atoms with Crippen molar-refractivity contribution >= 4 is 57.3 Å². The summed E-state index contributed by atoms with van der Waals surface area (Å²) in [4.78, 5) is 16.6. The van der Waals surface area contributed by atoms with Crippen LogP contribution >= 0.6 is 24.0 Å². The number of nitrogens with zero attached hydrogens (tertiary/aromatic N) is 2. The van der Waals surface area contributed by atoms with Crippen LogP contribution in [0, 0.1) is 5.82 Å². The number of thiocarbonyl (C=S) groups is 1. The standard InChI is InChI=1S/C23H17FN2OS2/c1-25(17-7-3-2-4-8-17)18-13-11-16(12-14-18)15-21-22(27)26(23(28)29-21)20-10-6-5-9-19(20)24/h2-15H,1H3/b21-15+. The Bertz CT molecular complexity index is 1100. The quantitative estimate of drug-likeness (QED) is 0.382. The Labute approximate surface area is 178 Å². The highest BCUT2D eigenvalue weighted by Gasteiger charge is 2.34. The van der Waals surface area contributed by atoms with Crippen LogP contribution in [0.15, 0.2) is 83.8 Å². The number of carbonyl (C=O) groups is 1. The fourth-order valence-corrected chi connectivity index (χ4v) is 4.34. The van der Waals surface area contributed by atoms with Gasteiger partial charge in [0.2, 0.25) is 0 Å². The first kappa shape index (κ1) is 19.4. The van der Waals surface area contributed by atoms with Gasteiger partial charge in [0.15, 0.2) is 4.32 Å². The normalized spacial score (nSPS) is 15.2. The maximum Gasteiger partial charge on any atom is 0.270 e. The van der Waals surface area contributed by atoms with Crippen LogP contribution in [0.25, 0.3) is 6.08 Å². The van der Waals surface area contributed by atoms with Gasteiger partial charge in [-0.2, -0.15) is 0 Å². The molecule has 0 atom stereocenters. The molecule has 3 nitrogen and oxygen atoms in total. The summed E-state index contributed by atoms with van der Waals surface area (Å²) >= 11 is 6.49. The number of benzene rings is 3. The zero-order chi connectivity index (χ0) is 20.4. The highest BCUT2D eigenvalue weighted by atomic mass is 32.2. The molecule has 0 N–H and O–H groups in total. The monoisotopic (exact) mass is 420 g/mol. The number of para-hydroxylation sites is 2. The highest BCUT2D eigenvalue weighted by Crippen LogP contribution is 2.37. The van der Waals surface area contributed by atoms with Crippen molar-refractivity contribution in [1.82, 2.24) is 0 Å². The summed E-state index contributed by atoms with van der Waals surface area (Å²) in [6, 6.07) is 24.1. The average Bonchev–Trinajstić information content (AvgIpc) is 3.02. The molecule has 29 heavy (non-hydrogen) atoms. The van der Waals surface area contributed by atoms with E-state index in [-0.39, 0.29) is 11.6 Å². The number of carbonyl (C=O) groups excluding carboxylic acids is 1. The van der Waals surface area contributed by atoms with Gasteiger partial charge in [0.25, 0.3) is 5.91 Å². The number of anilines is 3. The summed E-state index contributed by atoms with van der Waals surface area (Å²) in [5.74, 6) is -0.783. The lowest BCUT2D eigenvalue weighted by atomic mass is 10.1. The van der Waals surface area contributed by atoms with Gasteiger partial charge in [0.05, 0.1) is 10.6 Å². The van der Waals surface area contributed by atoms with E-state index in [0.29, 0.717) is 9.23 Å². The van der Waals surface area contributed by atoms with Crippen molar-refractivity contribution < 1.29 is 9.18 Å². The number of amides is 1. The van der Waals surface area contributed by atoms with E-state index in [1.165, 1.54) is 22.7 Å². The average molecular weight is 421 g/mol. The van der Waals surface area contributed by atoms with Gasteiger partial charge in [-0.3, -0.25) is 9.69 Å². The fourth-order valence-electron chi connectivity index (χ4n) is 3.05. The zero-order valence-corrected chi connectivity index (χ0v) is 17.2. The number of halogens is 1. The van der Waals surface area contributed by atoms with Crippen LogP contribution in [0.4, 0.5) is 21.5 Å². The largest absolute Gasteiger partial charge is 0.345 e. The van der Waals surface area contributed by atoms with Gasteiger partial charge in [-0.1, -0.05) is 66.4 Å². The van der Waals surface area contributed by atoms with Crippen molar-refractivity contribution in [2.75, 3.05) is 16.8 Å². The first-order chi connectivity index (χ1) is 14.0. The van der Waals surface area contributed by atoms with Gasteiger partial charge >= 0.3 is 0 Å². The number of hydrogen-bond acceptors (Lipinski definition) is 4. The number of rotatable bonds is 4. The first-order valence-electron chi connectivity index (χ1n) is 8.96. The van der Waals surface area contributed by atoms with Crippen LogP contribution < -0.4 is 9.80 Å². The summed E-state index contributed by atoms with van der Waals surface area (Å²) in [6.07, 6.45) is 1.78. The minimum atomic E-state index is -0.474. The second-order valence-corrected chi connectivity index (χ2v) is 8.13. The van der Waals surface area contributed by atoms with Crippen molar-refractivity contribution in [2.45, 2.75) is 0 Å². The summed E-state index contributed by atoms with van der Waals surface area (Å²) in [5.41, 5.74) is 3.18. The predicted octanol–water partition coefficient (Wildman–Crippen LogP) is 6.00. The van der Waals surface area contributed by atoms with Crippen molar-refractivity contribution in [3.05, 3.63) is 95.1 Å². The molecule has 3 aromatic rings. The van der Waals surface area contributed by atoms with Crippen molar-refractivity contribution in [2.24, 2.45) is 0 Å². The molecule has 0 spiro atoms. The smallest absolute Gasteiger partial charge is 0.270 e. The summed E-state index contributed by atoms with van der Waals surface area (Å²) in [7, 11) is 2.00. The maximum absolute atomic E-state index is 14.1. The third-order valence-corrected chi connectivity index (χ3v) is 5.91. The summed E-state index contributed by atoms with van der Waals surface area (Å²) < 4.78 is 14.4. The van der Waals surface area contributed by atoms with Crippen molar-refractivity contribution in [3.8, 4) is 0 Å². The van der Waals surface area contributed by atoms with E-state index in [1.54, 1.807) is 24.3 Å². The minimum Gasteiger partial charge on any atom is -0.345 e. The van der Waals surface area contributed by atoms with Crippen LogP contribution in [0.3, 0.4) is 0 Å². The molecular weight excluding hydrogens is 403 g/mol. The van der Waals surface area contributed by atoms with E-state index in [9.17, 15) is 9.18 Å². The van der Waals surface area contributed by atoms with Crippen LogP contribution in [-0.2, 0) is 4.79 Å². The molecule has 0 bridgehead atoms. The zero-order valence-electron chi connectivity index (χ0n) is 15.6. The molecule has 0 unspecified atom stereocenters. The predicted molar refractivity (Wildman–Crippen MR) is 123 cm³/mol. The topological polar surface area (TPSA) is 23.6 Å². The van der Waals surface area contributed by atoms with Crippen LogP contribution in [0.2, 0.25) is 0 Å². The van der Waals surface area contributed by atoms with Gasteiger partial charge in [-0.05, 0) is 48.0 Å². The van der Waals surface area contributed by atoms with Crippen LogP contribution in [-0.4, -0.2) is 17.3 Å². The Morgan fingerprint density at radius 1 is 0.931 bits per heavy atom. The third kappa shape index (κ3) is 3.95. The van der Waals surface area contributed by atoms with Crippen molar-refractivity contribution in [1.29, 1.82) is 0 Å². The van der Waals surface area contributed by atoms with E-state index in [4.69, 9.17) is 12.2 Å². The molecule has 1 fully saturated rings. The van der Waals surface area contributed by atoms with E-state index in [0.717, 1.165) is 16.9 Å². The van der Waals surface area contributed by atoms with Crippen LogP contribution in [0.5, 0.6) is 0 Å². The molecule has 144 valence electrons. The molecule has 0 aliphatic carbocycles. The lowest BCUT2D eigenvalue weighted by Gasteiger charge is -2.19.